The van der Waals surface area contributed by atoms with Crippen molar-refractivity contribution in [1.82, 2.24) is 10.2 Å². The summed E-state index contributed by atoms with van der Waals surface area (Å²) in [4.78, 5) is 2.56. The normalized spacial score (nSPS) is 19.9. The van der Waals surface area contributed by atoms with Crippen LogP contribution in [0.1, 0.15) is 36.0 Å². The van der Waals surface area contributed by atoms with Crippen molar-refractivity contribution in [3.8, 4) is 0 Å². The Bertz CT molecular complexity index is 421. The monoisotopic (exact) mass is 258 g/mol. The zero-order valence-corrected chi connectivity index (χ0v) is 12.1. The van der Waals surface area contributed by atoms with Crippen LogP contribution in [0.15, 0.2) is 18.2 Å². The maximum Gasteiger partial charge on any atom is 0.0116 e. The molecule has 0 atom stereocenters. The van der Waals surface area contributed by atoms with Gasteiger partial charge in [-0.2, -0.15) is 0 Å². The summed E-state index contributed by atoms with van der Waals surface area (Å²) in [6, 6.07) is 7.96. The van der Waals surface area contributed by atoms with Gasteiger partial charge in [0.25, 0.3) is 0 Å². The molecule has 0 spiro atoms. The Morgan fingerprint density at radius 2 is 1.95 bits per heavy atom. The highest BCUT2D eigenvalue weighted by atomic mass is 15.1. The van der Waals surface area contributed by atoms with Gasteiger partial charge in [0.05, 0.1) is 0 Å². The average molecular weight is 258 g/mol. The van der Waals surface area contributed by atoms with E-state index >= 15 is 0 Å². The molecule has 2 nitrogen and oxygen atoms in total. The number of fused-ring (bicyclic) bond motifs is 1. The lowest BCUT2D eigenvalue weighted by Crippen LogP contribution is -2.41. The van der Waals surface area contributed by atoms with E-state index in [9.17, 15) is 0 Å². The first-order valence-corrected chi connectivity index (χ1v) is 7.84. The summed E-state index contributed by atoms with van der Waals surface area (Å²) in [5.74, 6) is 0. The molecule has 0 aromatic heterocycles. The number of nitrogens with zero attached hydrogens (tertiary/aromatic N) is 1. The van der Waals surface area contributed by atoms with Gasteiger partial charge in [-0.15, -0.1) is 0 Å². The molecule has 1 saturated heterocycles. The first-order valence-electron chi connectivity index (χ1n) is 7.84. The van der Waals surface area contributed by atoms with E-state index in [0.29, 0.717) is 0 Å². The van der Waals surface area contributed by atoms with Crippen molar-refractivity contribution in [2.75, 3.05) is 26.7 Å². The molecule has 1 aliphatic carbocycles. The van der Waals surface area contributed by atoms with Crippen molar-refractivity contribution >= 4 is 0 Å². The maximum atomic E-state index is 3.44. The van der Waals surface area contributed by atoms with E-state index in [1.807, 2.05) is 0 Å². The highest BCUT2D eigenvalue weighted by Crippen LogP contribution is 2.23. The van der Waals surface area contributed by atoms with Gasteiger partial charge in [-0.3, -0.25) is 0 Å². The van der Waals surface area contributed by atoms with Crippen LogP contribution in [-0.4, -0.2) is 37.6 Å². The van der Waals surface area contributed by atoms with Crippen molar-refractivity contribution in [2.24, 2.45) is 0 Å². The summed E-state index contributed by atoms with van der Waals surface area (Å²) in [6.07, 6.45) is 7.76. The van der Waals surface area contributed by atoms with E-state index in [-0.39, 0.29) is 0 Å². The Morgan fingerprint density at radius 3 is 2.79 bits per heavy atom. The van der Waals surface area contributed by atoms with Crippen molar-refractivity contribution in [3.05, 3.63) is 34.9 Å². The molecule has 104 valence electrons. The lowest BCUT2D eigenvalue weighted by atomic mass is 10.0. The largest absolute Gasteiger partial charge is 0.317 e. The van der Waals surface area contributed by atoms with Crippen LogP contribution in [0.3, 0.4) is 0 Å². The van der Waals surface area contributed by atoms with Crippen LogP contribution < -0.4 is 5.32 Å². The zero-order chi connectivity index (χ0) is 13.1. The average Bonchev–Trinajstić information content (AvgIpc) is 2.93. The standard InChI is InChI=1S/C17H26N2/c1-19(17-7-10-18-11-8-17)12-9-14-5-6-15-3-2-4-16(15)13-14/h5-6,13,17-18H,2-4,7-12H2,1H3. The number of benzene rings is 1. The Hall–Kier alpha value is -0.860. The predicted octanol–water partition coefficient (Wildman–Crippen LogP) is 2.40. The van der Waals surface area contributed by atoms with Crippen LogP contribution in [0, 0.1) is 0 Å². The Labute approximate surface area is 117 Å². The summed E-state index contributed by atoms with van der Waals surface area (Å²) >= 11 is 0. The van der Waals surface area contributed by atoms with E-state index in [2.05, 4.69) is 35.5 Å². The number of hydrogen-bond acceptors (Lipinski definition) is 2. The van der Waals surface area contributed by atoms with Gasteiger partial charge in [0, 0.05) is 12.6 Å². The molecule has 19 heavy (non-hydrogen) atoms. The molecule has 1 N–H and O–H groups in total. The first-order chi connectivity index (χ1) is 9.33. The van der Waals surface area contributed by atoms with Gasteiger partial charge in [0.15, 0.2) is 0 Å². The molecule has 0 saturated carbocycles. The molecule has 1 aromatic rings. The first kappa shape index (κ1) is 13.1. The molecule has 2 aliphatic rings. The van der Waals surface area contributed by atoms with E-state index in [1.165, 1.54) is 63.7 Å². The van der Waals surface area contributed by atoms with Crippen LogP contribution in [0.25, 0.3) is 0 Å². The topological polar surface area (TPSA) is 15.3 Å². The van der Waals surface area contributed by atoms with E-state index < -0.39 is 0 Å². The molecule has 2 heteroatoms. The van der Waals surface area contributed by atoms with Gasteiger partial charge in [-0.1, -0.05) is 18.2 Å². The van der Waals surface area contributed by atoms with E-state index in [0.717, 1.165) is 6.04 Å². The molecule has 1 heterocycles. The molecule has 1 fully saturated rings. The highest BCUT2D eigenvalue weighted by molar-refractivity contribution is 5.35. The van der Waals surface area contributed by atoms with Crippen LogP contribution in [0.2, 0.25) is 0 Å². The number of piperidine rings is 1. The van der Waals surface area contributed by atoms with Crippen molar-refractivity contribution in [3.63, 3.8) is 0 Å². The summed E-state index contributed by atoms with van der Waals surface area (Å²) < 4.78 is 0. The van der Waals surface area contributed by atoms with Gasteiger partial charge in [-0.25, -0.2) is 0 Å². The smallest absolute Gasteiger partial charge is 0.0116 e. The SMILES string of the molecule is CN(CCc1ccc2c(c1)CCC2)C1CCNCC1. The molecule has 0 amide bonds. The van der Waals surface area contributed by atoms with Gasteiger partial charge < -0.3 is 10.2 Å². The third-order valence-electron chi connectivity index (χ3n) is 4.85. The van der Waals surface area contributed by atoms with Crippen molar-refractivity contribution in [2.45, 2.75) is 44.6 Å². The molecule has 1 aromatic carbocycles. The van der Waals surface area contributed by atoms with Gasteiger partial charge in [0.2, 0.25) is 0 Å². The fourth-order valence-corrected chi connectivity index (χ4v) is 3.52. The maximum absolute atomic E-state index is 3.44. The second-order valence-electron chi connectivity index (χ2n) is 6.17. The second-order valence-corrected chi connectivity index (χ2v) is 6.17. The fraction of sp³-hybridized carbons (Fsp3) is 0.647. The predicted molar refractivity (Wildman–Crippen MR) is 80.7 cm³/mol. The van der Waals surface area contributed by atoms with Crippen molar-refractivity contribution in [1.29, 1.82) is 0 Å². The number of rotatable bonds is 4. The fourth-order valence-electron chi connectivity index (χ4n) is 3.52. The molecule has 0 bridgehead atoms. The molecule has 3 rings (SSSR count). The van der Waals surface area contributed by atoms with E-state index in [1.54, 1.807) is 11.1 Å². The summed E-state index contributed by atoms with van der Waals surface area (Å²) in [7, 11) is 2.29. The quantitative estimate of drug-likeness (QED) is 0.892. The van der Waals surface area contributed by atoms with Crippen LogP contribution in [0.4, 0.5) is 0 Å². The Kier molecular flexibility index (Phi) is 4.19. The molecule has 0 unspecified atom stereocenters. The number of hydrogen-bond donors (Lipinski definition) is 1. The summed E-state index contributed by atoms with van der Waals surface area (Å²) in [5, 5.41) is 3.44. The van der Waals surface area contributed by atoms with Crippen LogP contribution in [0.5, 0.6) is 0 Å². The number of likely N-dealkylation sites (N-methyl/N-ethyl adjacent to an activating group) is 1. The summed E-state index contributed by atoms with van der Waals surface area (Å²) in [5.41, 5.74) is 4.74. The van der Waals surface area contributed by atoms with Crippen LogP contribution in [-0.2, 0) is 19.3 Å². The van der Waals surface area contributed by atoms with Gasteiger partial charge in [-0.05, 0) is 75.4 Å². The van der Waals surface area contributed by atoms with Gasteiger partial charge >= 0.3 is 0 Å². The van der Waals surface area contributed by atoms with Crippen molar-refractivity contribution < 1.29 is 0 Å². The lowest BCUT2D eigenvalue weighted by Gasteiger charge is -2.31. The second kappa shape index (κ2) is 6.06. The molecular formula is C17H26N2. The van der Waals surface area contributed by atoms with Gasteiger partial charge in [0.1, 0.15) is 0 Å². The molecular weight excluding hydrogens is 232 g/mol. The Balaban J connectivity index is 1.53. The summed E-state index contributed by atoms with van der Waals surface area (Å²) in [6.45, 7) is 3.57. The lowest BCUT2D eigenvalue weighted by molar-refractivity contribution is 0.201. The van der Waals surface area contributed by atoms with E-state index in [4.69, 9.17) is 0 Å². The highest BCUT2D eigenvalue weighted by Gasteiger charge is 2.17. The third kappa shape index (κ3) is 3.18. The molecule has 1 aliphatic heterocycles. The minimum atomic E-state index is 0.788. The third-order valence-corrected chi connectivity index (χ3v) is 4.85. The number of aryl methyl sites for hydroxylation is 2. The Morgan fingerprint density at radius 1 is 1.16 bits per heavy atom. The zero-order valence-electron chi connectivity index (χ0n) is 12.1. The minimum Gasteiger partial charge on any atom is -0.317 e. The molecule has 0 radical (unpaired) electrons. The van der Waals surface area contributed by atoms with Crippen LogP contribution >= 0.6 is 0 Å². The minimum absolute atomic E-state index is 0.788. The number of nitrogens with one attached hydrogen (secondary N) is 1.